The first-order valence-electron chi connectivity index (χ1n) is 9.23. The fraction of sp³-hybridized carbons (Fsp3) is 0.611. The highest BCUT2D eigenvalue weighted by atomic mass is 32.2. The number of likely N-dealkylation sites (N-methyl/N-ethyl adjacent to an activating group) is 1. The molecule has 8 nitrogen and oxygen atoms in total. The number of nitrogens with one attached hydrogen (secondary N) is 2. The third-order valence-electron chi connectivity index (χ3n) is 6.03. The van der Waals surface area contributed by atoms with E-state index >= 15 is 0 Å². The van der Waals surface area contributed by atoms with Gasteiger partial charge in [0.25, 0.3) is 5.91 Å². The quantitative estimate of drug-likeness (QED) is 0.749. The maximum atomic E-state index is 13.2. The van der Waals surface area contributed by atoms with Crippen LogP contribution in [-0.2, 0) is 19.6 Å². The van der Waals surface area contributed by atoms with Crippen molar-refractivity contribution < 1.29 is 17.9 Å². The monoisotopic (exact) mass is 394 g/mol. The van der Waals surface area contributed by atoms with Gasteiger partial charge in [0.05, 0.1) is 5.69 Å². The van der Waals surface area contributed by atoms with Crippen molar-refractivity contribution in [2.24, 2.45) is 5.41 Å². The molecule has 1 amide bonds. The molecule has 9 heteroatoms. The lowest BCUT2D eigenvalue weighted by Crippen LogP contribution is -2.54. The number of benzene rings is 1. The average molecular weight is 394 g/mol. The van der Waals surface area contributed by atoms with Crippen molar-refractivity contribution in [2.45, 2.75) is 29.9 Å². The summed E-state index contributed by atoms with van der Waals surface area (Å²) in [6, 6.07) is 6.86. The minimum atomic E-state index is -3.72. The summed E-state index contributed by atoms with van der Waals surface area (Å²) in [6.45, 7) is 2.62. The van der Waals surface area contributed by atoms with Gasteiger partial charge in [-0.25, -0.2) is 8.42 Å². The van der Waals surface area contributed by atoms with Crippen LogP contribution in [-0.4, -0.2) is 76.7 Å². The summed E-state index contributed by atoms with van der Waals surface area (Å²) in [4.78, 5) is 17.3. The summed E-state index contributed by atoms with van der Waals surface area (Å²) in [5.74, 6) is -0.233. The summed E-state index contributed by atoms with van der Waals surface area (Å²) in [6.07, 6.45) is 0.834. The topological polar surface area (TPSA) is 91.0 Å². The summed E-state index contributed by atoms with van der Waals surface area (Å²) in [5, 5.41) is 3.04. The van der Waals surface area contributed by atoms with Gasteiger partial charge >= 0.3 is 0 Å². The second kappa shape index (κ2) is 6.73. The molecule has 0 bridgehead atoms. The normalized spacial score (nSPS) is 28.8. The fourth-order valence-corrected chi connectivity index (χ4v) is 5.89. The van der Waals surface area contributed by atoms with Crippen molar-refractivity contribution in [2.75, 3.05) is 45.7 Å². The highest BCUT2D eigenvalue weighted by Crippen LogP contribution is 2.42. The van der Waals surface area contributed by atoms with E-state index in [0.29, 0.717) is 32.0 Å². The van der Waals surface area contributed by atoms with Gasteiger partial charge in [-0.15, -0.1) is 0 Å². The first-order valence-corrected chi connectivity index (χ1v) is 10.7. The van der Waals surface area contributed by atoms with Gasteiger partial charge in [0.15, 0.2) is 6.17 Å². The van der Waals surface area contributed by atoms with Crippen LogP contribution in [0.25, 0.3) is 0 Å². The van der Waals surface area contributed by atoms with Crippen LogP contribution in [0.5, 0.6) is 0 Å². The molecule has 2 saturated heterocycles. The number of nitrogens with zero attached hydrogens (tertiary/aromatic N) is 2. The highest BCUT2D eigenvalue weighted by Gasteiger charge is 2.50. The first kappa shape index (κ1) is 18.7. The van der Waals surface area contributed by atoms with Crippen molar-refractivity contribution in [1.82, 2.24) is 14.5 Å². The van der Waals surface area contributed by atoms with Crippen LogP contribution in [0.4, 0.5) is 5.69 Å². The maximum Gasteiger partial charge on any atom is 0.261 e. The second-order valence-electron chi connectivity index (χ2n) is 7.87. The largest absolute Gasteiger partial charge is 0.381 e. The van der Waals surface area contributed by atoms with Crippen molar-refractivity contribution in [1.29, 1.82) is 0 Å². The predicted molar refractivity (Wildman–Crippen MR) is 101 cm³/mol. The van der Waals surface area contributed by atoms with E-state index in [1.54, 1.807) is 23.1 Å². The van der Waals surface area contributed by atoms with Gasteiger partial charge in [0, 0.05) is 37.8 Å². The van der Waals surface area contributed by atoms with Crippen LogP contribution in [0, 0.1) is 5.41 Å². The van der Waals surface area contributed by atoms with Gasteiger partial charge in [-0.3, -0.25) is 4.79 Å². The minimum absolute atomic E-state index is 0.00284. The Labute approximate surface area is 159 Å². The molecule has 0 radical (unpaired) electrons. The van der Waals surface area contributed by atoms with Gasteiger partial charge in [-0.05, 0) is 39.1 Å². The van der Waals surface area contributed by atoms with Crippen LogP contribution >= 0.6 is 0 Å². The summed E-state index contributed by atoms with van der Waals surface area (Å²) >= 11 is 0. The van der Waals surface area contributed by atoms with E-state index in [-0.39, 0.29) is 22.3 Å². The van der Waals surface area contributed by atoms with E-state index in [2.05, 4.69) is 14.9 Å². The molecule has 3 heterocycles. The number of anilines is 1. The number of rotatable bonds is 2. The molecule has 27 heavy (non-hydrogen) atoms. The van der Waals surface area contributed by atoms with Gasteiger partial charge in [-0.1, -0.05) is 12.1 Å². The molecule has 0 saturated carbocycles. The number of likely N-dealkylation sites (tertiary alicyclic amines) is 1. The molecule has 0 aliphatic carbocycles. The third kappa shape index (κ3) is 3.22. The molecule has 3 aliphatic heterocycles. The lowest BCUT2D eigenvalue weighted by Gasteiger charge is -2.40. The average Bonchev–Trinajstić information content (AvgIpc) is 3.00. The summed E-state index contributed by atoms with van der Waals surface area (Å²) in [5.41, 5.74) is 0.460. The molecule has 4 rings (SSSR count). The van der Waals surface area contributed by atoms with Crippen molar-refractivity contribution in [3.05, 3.63) is 24.3 Å². The van der Waals surface area contributed by atoms with Crippen LogP contribution < -0.4 is 10.0 Å². The molecule has 148 valence electrons. The predicted octanol–water partition coefficient (Wildman–Crippen LogP) is 0.286. The lowest BCUT2D eigenvalue weighted by atomic mass is 9.75. The Kier molecular flexibility index (Phi) is 4.66. The van der Waals surface area contributed by atoms with Gasteiger partial charge < -0.3 is 19.9 Å². The van der Waals surface area contributed by atoms with Gasteiger partial charge in [-0.2, -0.15) is 4.72 Å². The first-order chi connectivity index (χ1) is 12.8. The fourth-order valence-electron chi connectivity index (χ4n) is 4.62. The van der Waals surface area contributed by atoms with E-state index in [0.717, 1.165) is 12.8 Å². The van der Waals surface area contributed by atoms with E-state index in [4.69, 9.17) is 4.74 Å². The molecule has 1 aromatic carbocycles. The summed E-state index contributed by atoms with van der Waals surface area (Å²) < 4.78 is 33.1. The highest BCUT2D eigenvalue weighted by molar-refractivity contribution is 7.89. The van der Waals surface area contributed by atoms with Crippen LogP contribution in [0.1, 0.15) is 12.8 Å². The Morgan fingerprint density at radius 2 is 1.96 bits per heavy atom. The van der Waals surface area contributed by atoms with Gasteiger partial charge in [0.2, 0.25) is 10.0 Å². The maximum absolute atomic E-state index is 13.2. The molecule has 2 fully saturated rings. The molecule has 2 atom stereocenters. The molecular formula is C18H26N4O4S. The second-order valence-corrected chi connectivity index (χ2v) is 9.55. The minimum Gasteiger partial charge on any atom is -0.381 e. The number of amides is 1. The Bertz CT molecular complexity index is 836. The zero-order chi connectivity index (χ0) is 19.2. The number of ether oxygens (including phenoxy) is 1. The number of carbonyl (C=O) groups is 1. The van der Waals surface area contributed by atoms with E-state index in [9.17, 15) is 13.2 Å². The third-order valence-corrected chi connectivity index (χ3v) is 7.51. The number of para-hydroxylation sites is 1. The zero-order valence-corrected chi connectivity index (χ0v) is 16.5. The number of hydrogen-bond acceptors (Lipinski definition) is 6. The molecule has 0 aromatic heterocycles. The Morgan fingerprint density at radius 1 is 1.26 bits per heavy atom. The van der Waals surface area contributed by atoms with Gasteiger partial charge in [0.1, 0.15) is 4.90 Å². The Balaban J connectivity index is 1.57. The Morgan fingerprint density at radius 3 is 2.67 bits per heavy atom. The van der Waals surface area contributed by atoms with Crippen LogP contribution in [0.2, 0.25) is 0 Å². The van der Waals surface area contributed by atoms with Crippen LogP contribution in [0.15, 0.2) is 29.2 Å². The van der Waals surface area contributed by atoms with Crippen molar-refractivity contribution >= 4 is 21.6 Å². The van der Waals surface area contributed by atoms with E-state index < -0.39 is 16.2 Å². The smallest absolute Gasteiger partial charge is 0.261 e. The van der Waals surface area contributed by atoms with Crippen molar-refractivity contribution in [3.63, 3.8) is 0 Å². The molecule has 2 N–H and O–H groups in total. The van der Waals surface area contributed by atoms with Crippen molar-refractivity contribution in [3.8, 4) is 0 Å². The van der Waals surface area contributed by atoms with E-state index in [1.165, 1.54) is 6.07 Å². The Hall–Kier alpha value is -1.68. The lowest BCUT2D eigenvalue weighted by molar-refractivity contribution is -0.132. The SMILES string of the molecule is CN(C)C1CN(C(=O)C2Nc3ccccc3S(=O)(=O)N2)CC12CCOCC2. The molecule has 1 spiro atoms. The zero-order valence-electron chi connectivity index (χ0n) is 15.6. The molecular weight excluding hydrogens is 368 g/mol. The number of fused-ring (bicyclic) bond motifs is 1. The standard InChI is InChI=1S/C18H26N4O4S/c1-21(2)15-11-22(12-18(15)7-9-26-10-8-18)17(23)16-19-13-5-3-4-6-14(13)27(24,25)20-16/h3-6,15-16,19-20H,7-12H2,1-2H3. The molecule has 2 unspecified atom stereocenters. The molecule has 1 aromatic rings. The number of hydrogen-bond donors (Lipinski definition) is 2. The van der Waals surface area contributed by atoms with Crippen LogP contribution in [0.3, 0.4) is 0 Å². The summed E-state index contributed by atoms with van der Waals surface area (Å²) in [7, 11) is 0.351. The number of sulfonamides is 1. The van der Waals surface area contributed by atoms with E-state index in [1.807, 2.05) is 14.1 Å². The molecule has 3 aliphatic rings. The number of carbonyl (C=O) groups excluding carboxylic acids is 1.